The van der Waals surface area contributed by atoms with Crippen LogP contribution < -0.4 is 5.56 Å². The third-order valence-corrected chi connectivity index (χ3v) is 1.98. The van der Waals surface area contributed by atoms with Crippen LogP contribution in [0.1, 0.15) is 5.56 Å². The van der Waals surface area contributed by atoms with Crippen molar-refractivity contribution in [3.8, 4) is 11.3 Å². The van der Waals surface area contributed by atoms with Gasteiger partial charge in [0.1, 0.15) is 0 Å². The fraction of sp³-hybridized carbons (Fsp3) is 0.100. The Labute approximate surface area is 80.6 Å². The minimum atomic E-state index is -0.115. The van der Waals surface area contributed by atoms with Crippen LogP contribution in [-0.4, -0.2) is 15.2 Å². The molecule has 0 saturated carbocycles. The van der Waals surface area contributed by atoms with E-state index >= 15 is 0 Å². The Morgan fingerprint density at radius 2 is 2.14 bits per heavy atom. The number of nitrogens with zero attached hydrogens (tertiary/aromatic N) is 2. The molecule has 2 aromatic heterocycles. The molecule has 70 valence electrons. The third-order valence-electron chi connectivity index (χ3n) is 1.98. The van der Waals surface area contributed by atoms with Gasteiger partial charge in [0.05, 0.1) is 5.69 Å². The second kappa shape index (κ2) is 3.41. The number of H-pyrrole nitrogens is 1. The average molecular weight is 187 g/mol. The van der Waals surface area contributed by atoms with E-state index in [1.54, 1.807) is 18.5 Å². The Kier molecular flexibility index (Phi) is 2.10. The van der Waals surface area contributed by atoms with E-state index < -0.39 is 0 Å². The van der Waals surface area contributed by atoms with E-state index in [0.29, 0.717) is 0 Å². The highest BCUT2D eigenvalue weighted by Crippen LogP contribution is 2.16. The first-order valence-electron chi connectivity index (χ1n) is 4.25. The van der Waals surface area contributed by atoms with Crippen molar-refractivity contribution in [2.45, 2.75) is 6.92 Å². The minimum absolute atomic E-state index is 0.115. The lowest BCUT2D eigenvalue weighted by molar-refractivity contribution is 1.02. The summed E-state index contributed by atoms with van der Waals surface area (Å²) in [7, 11) is 0. The van der Waals surface area contributed by atoms with Crippen molar-refractivity contribution in [1.29, 1.82) is 0 Å². The molecule has 0 atom stereocenters. The maximum atomic E-state index is 10.8. The van der Waals surface area contributed by atoms with E-state index in [1.807, 2.05) is 13.0 Å². The first kappa shape index (κ1) is 8.62. The van der Waals surface area contributed by atoms with Crippen molar-refractivity contribution in [2.24, 2.45) is 0 Å². The highest BCUT2D eigenvalue weighted by atomic mass is 16.1. The molecule has 1 N–H and O–H groups in total. The number of hydrogen-bond donors (Lipinski definition) is 1. The minimum Gasteiger partial charge on any atom is -0.328 e. The van der Waals surface area contributed by atoms with E-state index in [-0.39, 0.29) is 5.56 Å². The molecule has 0 aliphatic carbocycles. The van der Waals surface area contributed by atoms with Crippen molar-refractivity contribution >= 4 is 0 Å². The molecule has 2 heterocycles. The lowest BCUT2D eigenvalue weighted by atomic mass is 10.1. The van der Waals surface area contributed by atoms with Gasteiger partial charge in [0.2, 0.25) is 5.56 Å². The Bertz CT molecular complexity index is 484. The largest absolute Gasteiger partial charge is 0.328 e. The number of pyridine rings is 1. The van der Waals surface area contributed by atoms with Crippen LogP contribution >= 0.6 is 0 Å². The molecule has 0 bridgehead atoms. The van der Waals surface area contributed by atoms with Gasteiger partial charge in [-0.25, -0.2) is 0 Å². The standard InChI is InChI=1S/C10H9N3O/c1-7-4-5-12-13-10(7)8-2-3-9(14)11-6-8/h2-6H,1H3,(H,11,14). The highest BCUT2D eigenvalue weighted by molar-refractivity contribution is 5.60. The average Bonchev–Trinajstić information content (AvgIpc) is 2.20. The number of hydrogen-bond acceptors (Lipinski definition) is 3. The summed E-state index contributed by atoms with van der Waals surface area (Å²) < 4.78 is 0. The molecule has 4 heteroatoms. The lowest BCUT2D eigenvalue weighted by Crippen LogP contribution is -2.02. The fourth-order valence-electron chi connectivity index (χ4n) is 1.24. The van der Waals surface area contributed by atoms with Crippen LogP contribution in [0.15, 0.2) is 35.4 Å². The molecule has 0 fully saturated rings. The first-order valence-corrected chi connectivity index (χ1v) is 4.25. The maximum absolute atomic E-state index is 10.8. The molecule has 4 nitrogen and oxygen atoms in total. The maximum Gasteiger partial charge on any atom is 0.247 e. The van der Waals surface area contributed by atoms with Gasteiger partial charge < -0.3 is 4.98 Å². The molecule has 0 saturated heterocycles. The molecule has 0 amide bonds. The predicted octanol–water partition coefficient (Wildman–Crippen LogP) is 1.14. The molecule has 0 aliphatic rings. The molecule has 0 aromatic carbocycles. The van der Waals surface area contributed by atoms with Gasteiger partial charge in [-0.15, -0.1) is 0 Å². The zero-order chi connectivity index (χ0) is 9.97. The summed E-state index contributed by atoms with van der Waals surface area (Å²) in [5, 5.41) is 7.81. The summed E-state index contributed by atoms with van der Waals surface area (Å²) in [4.78, 5) is 13.4. The van der Waals surface area contributed by atoms with Crippen molar-refractivity contribution < 1.29 is 0 Å². The van der Waals surface area contributed by atoms with Crippen molar-refractivity contribution in [2.75, 3.05) is 0 Å². The summed E-state index contributed by atoms with van der Waals surface area (Å²) in [6.07, 6.45) is 3.28. The van der Waals surface area contributed by atoms with Gasteiger partial charge in [-0.3, -0.25) is 4.79 Å². The Morgan fingerprint density at radius 1 is 1.29 bits per heavy atom. The van der Waals surface area contributed by atoms with E-state index in [0.717, 1.165) is 16.8 Å². The topological polar surface area (TPSA) is 58.6 Å². The van der Waals surface area contributed by atoms with E-state index in [9.17, 15) is 4.79 Å². The van der Waals surface area contributed by atoms with Crippen LogP contribution in [0.5, 0.6) is 0 Å². The van der Waals surface area contributed by atoms with Gasteiger partial charge in [-0.1, -0.05) is 0 Å². The van der Waals surface area contributed by atoms with Crippen LogP contribution in [0.4, 0.5) is 0 Å². The van der Waals surface area contributed by atoms with Crippen LogP contribution in [0.25, 0.3) is 11.3 Å². The summed E-state index contributed by atoms with van der Waals surface area (Å²) in [5.41, 5.74) is 2.58. The number of aromatic amines is 1. The smallest absolute Gasteiger partial charge is 0.247 e. The quantitative estimate of drug-likeness (QED) is 0.728. The first-order chi connectivity index (χ1) is 6.77. The SMILES string of the molecule is Cc1ccnnc1-c1ccc(=O)[nH]c1. The van der Waals surface area contributed by atoms with Gasteiger partial charge in [0.25, 0.3) is 0 Å². The van der Waals surface area contributed by atoms with Gasteiger partial charge in [0.15, 0.2) is 0 Å². The highest BCUT2D eigenvalue weighted by Gasteiger charge is 2.02. The molecule has 0 unspecified atom stereocenters. The van der Waals surface area contributed by atoms with Crippen molar-refractivity contribution in [3.63, 3.8) is 0 Å². The Hall–Kier alpha value is -1.97. The van der Waals surface area contributed by atoms with Crippen LogP contribution in [0.3, 0.4) is 0 Å². The second-order valence-electron chi connectivity index (χ2n) is 3.00. The zero-order valence-corrected chi connectivity index (χ0v) is 7.69. The summed E-state index contributed by atoms with van der Waals surface area (Å²) in [6.45, 7) is 1.95. The van der Waals surface area contributed by atoms with Gasteiger partial charge in [0, 0.05) is 24.0 Å². The Balaban J connectivity index is 2.55. The molecule has 2 aromatic rings. The van der Waals surface area contributed by atoms with E-state index in [4.69, 9.17) is 0 Å². The van der Waals surface area contributed by atoms with Crippen LogP contribution in [-0.2, 0) is 0 Å². The number of rotatable bonds is 1. The lowest BCUT2D eigenvalue weighted by Gasteiger charge is -2.01. The van der Waals surface area contributed by atoms with Gasteiger partial charge >= 0.3 is 0 Å². The molecular weight excluding hydrogens is 178 g/mol. The predicted molar refractivity (Wildman–Crippen MR) is 52.8 cm³/mol. The second-order valence-corrected chi connectivity index (χ2v) is 3.00. The summed E-state index contributed by atoms with van der Waals surface area (Å²) >= 11 is 0. The van der Waals surface area contributed by atoms with E-state index in [1.165, 1.54) is 6.07 Å². The van der Waals surface area contributed by atoms with E-state index in [2.05, 4.69) is 15.2 Å². The summed E-state index contributed by atoms with van der Waals surface area (Å²) in [5.74, 6) is 0. The van der Waals surface area contributed by atoms with Gasteiger partial charge in [-0.2, -0.15) is 10.2 Å². The monoisotopic (exact) mass is 187 g/mol. The van der Waals surface area contributed by atoms with Crippen LogP contribution in [0.2, 0.25) is 0 Å². The molecular formula is C10H9N3O. The Morgan fingerprint density at radius 3 is 2.79 bits per heavy atom. The number of nitrogens with one attached hydrogen (secondary N) is 1. The normalized spacial score (nSPS) is 10.1. The zero-order valence-electron chi connectivity index (χ0n) is 7.69. The fourth-order valence-corrected chi connectivity index (χ4v) is 1.24. The van der Waals surface area contributed by atoms with Crippen molar-refractivity contribution in [1.82, 2.24) is 15.2 Å². The summed E-state index contributed by atoms with van der Waals surface area (Å²) in [6, 6.07) is 5.09. The third kappa shape index (κ3) is 1.54. The molecule has 0 aliphatic heterocycles. The molecule has 14 heavy (non-hydrogen) atoms. The molecule has 0 radical (unpaired) electrons. The number of aromatic nitrogens is 3. The number of aryl methyl sites for hydroxylation is 1. The molecule has 0 spiro atoms. The van der Waals surface area contributed by atoms with Crippen LogP contribution in [0, 0.1) is 6.92 Å². The van der Waals surface area contributed by atoms with Crippen molar-refractivity contribution in [3.05, 3.63) is 46.5 Å². The van der Waals surface area contributed by atoms with Gasteiger partial charge in [-0.05, 0) is 24.6 Å². The molecule has 2 rings (SSSR count).